The summed E-state index contributed by atoms with van der Waals surface area (Å²) in [5.74, 6) is 0.992. The molecule has 0 radical (unpaired) electrons. The highest BCUT2D eigenvalue weighted by Crippen LogP contribution is 2.08. The molecule has 86 valence electrons. The zero-order chi connectivity index (χ0) is 8.93. The monoisotopic (exact) mass is 338 g/mol. The third kappa shape index (κ3) is 4.44. The molecule has 0 bridgehead atoms. The molecule has 2 rings (SSSR count). The Hall–Kier alpha value is -0.200. The van der Waals surface area contributed by atoms with Gasteiger partial charge in [0.1, 0.15) is 0 Å². The number of nitrogens with one attached hydrogen (secondary N) is 1. The molecule has 0 amide bonds. The number of nitrogens with zero attached hydrogens (tertiary/aromatic N) is 3. The summed E-state index contributed by atoms with van der Waals surface area (Å²) in [5.41, 5.74) is 0. The lowest BCUT2D eigenvalue weighted by atomic mass is 10.4. The van der Waals surface area contributed by atoms with E-state index in [0.717, 1.165) is 32.0 Å². The predicted molar refractivity (Wildman–Crippen MR) is 72.4 cm³/mol. The molecular weight excluding hydrogens is 324 g/mol. The molecule has 1 aliphatic heterocycles. The van der Waals surface area contributed by atoms with Gasteiger partial charge in [0.25, 0.3) is 0 Å². The molecule has 15 heavy (non-hydrogen) atoms. The number of aromatic nitrogens is 2. The van der Waals surface area contributed by atoms with E-state index in [-0.39, 0.29) is 34.0 Å². The van der Waals surface area contributed by atoms with E-state index in [1.54, 1.807) is 6.20 Å². The summed E-state index contributed by atoms with van der Waals surface area (Å²) in [7, 11) is 0. The number of hydrogen-bond acceptors (Lipinski definition) is 4. The Balaban J connectivity index is 0.000000980. The number of rotatable bonds is 1. The van der Waals surface area contributed by atoms with E-state index < -0.39 is 0 Å². The largest absolute Gasteiger partial charge is 0.354 e. The second-order valence-electron chi connectivity index (χ2n) is 3.17. The zero-order valence-electron chi connectivity index (χ0n) is 8.43. The van der Waals surface area contributed by atoms with E-state index in [2.05, 4.69) is 20.4 Å². The van der Waals surface area contributed by atoms with Crippen LogP contribution < -0.4 is 10.2 Å². The van der Waals surface area contributed by atoms with Gasteiger partial charge in [0.05, 0.1) is 0 Å². The molecule has 4 nitrogen and oxygen atoms in total. The number of halogens is 2. The van der Waals surface area contributed by atoms with Crippen molar-refractivity contribution < 1.29 is 0 Å². The van der Waals surface area contributed by atoms with Crippen molar-refractivity contribution in [2.24, 2.45) is 0 Å². The van der Waals surface area contributed by atoms with E-state index >= 15 is 0 Å². The second kappa shape index (κ2) is 8.01. The van der Waals surface area contributed by atoms with Crippen molar-refractivity contribution >= 4 is 39.8 Å². The van der Waals surface area contributed by atoms with Crippen LogP contribution >= 0.6 is 34.0 Å². The standard InChI is InChI=1S/C9H14N4.2BrH/c1-3-9(12-11-5-1)13-7-2-4-10-6-8-13;;/h1,3,5,10H,2,4,6-8H2;2*1H. The molecule has 0 unspecified atom stereocenters. The van der Waals surface area contributed by atoms with Gasteiger partial charge < -0.3 is 10.2 Å². The van der Waals surface area contributed by atoms with Crippen molar-refractivity contribution in [1.82, 2.24) is 15.5 Å². The lowest BCUT2D eigenvalue weighted by Gasteiger charge is -2.19. The van der Waals surface area contributed by atoms with Crippen molar-refractivity contribution in [2.75, 3.05) is 31.1 Å². The van der Waals surface area contributed by atoms with Gasteiger partial charge in [0.2, 0.25) is 0 Å². The molecule has 1 fully saturated rings. The fourth-order valence-corrected chi connectivity index (χ4v) is 1.54. The summed E-state index contributed by atoms with van der Waals surface area (Å²) < 4.78 is 0. The first kappa shape index (κ1) is 14.8. The summed E-state index contributed by atoms with van der Waals surface area (Å²) in [6, 6.07) is 3.94. The molecule has 0 aromatic carbocycles. The fraction of sp³-hybridized carbons (Fsp3) is 0.556. The Bertz CT molecular complexity index is 250. The molecule has 1 saturated heterocycles. The molecule has 0 atom stereocenters. The summed E-state index contributed by atoms with van der Waals surface area (Å²) in [6.07, 6.45) is 2.89. The van der Waals surface area contributed by atoms with Crippen LogP contribution in [-0.2, 0) is 0 Å². The Kier molecular flexibility index (Phi) is 7.90. The number of hydrogen-bond donors (Lipinski definition) is 1. The van der Waals surface area contributed by atoms with Crippen LogP contribution in [0.5, 0.6) is 0 Å². The maximum absolute atomic E-state index is 4.09. The molecule has 1 N–H and O–H groups in total. The van der Waals surface area contributed by atoms with Gasteiger partial charge in [-0.15, -0.1) is 39.1 Å². The Labute approximate surface area is 111 Å². The first-order chi connectivity index (χ1) is 6.47. The van der Waals surface area contributed by atoms with E-state index in [1.165, 1.54) is 6.42 Å². The normalized spacial score (nSPS) is 15.9. The van der Waals surface area contributed by atoms with Gasteiger partial charge in [-0.1, -0.05) is 0 Å². The Morgan fingerprint density at radius 3 is 2.80 bits per heavy atom. The molecule has 0 saturated carbocycles. The first-order valence-corrected chi connectivity index (χ1v) is 4.70. The third-order valence-corrected chi connectivity index (χ3v) is 2.22. The minimum Gasteiger partial charge on any atom is -0.354 e. The summed E-state index contributed by atoms with van der Waals surface area (Å²) in [5, 5.41) is 11.3. The van der Waals surface area contributed by atoms with Gasteiger partial charge in [-0.25, -0.2) is 0 Å². The SMILES string of the molecule is Br.Br.c1cnnc(N2CCCNCC2)c1. The van der Waals surface area contributed by atoms with Crippen LogP contribution in [0.2, 0.25) is 0 Å². The molecule has 1 aromatic heterocycles. The maximum Gasteiger partial charge on any atom is 0.151 e. The molecule has 2 heterocycles. The molecule has 0 spiro atoms. The fourth-order valence-electron chi connectivity index (χ4n) is 1.54. The van der Waals surface area contributed by atoms with E-state index in [4.69, 9.17) is 0 Å². The number of anilines is 1. The highest BCUT2D eigenvalue weighted by Gasteiger charge is 2.09. The lowest BCUT2D eigenvalue weighted by Crippen LogP contribution is -2.28. The minimum atomic E-state index is 0. The van der Waals surface area contributed by atoms with Crippen LogP contribution in [0.1, 0.15) is 6.42 Å². The smallest absolute Gasteiger partial charge is 0.151 e. The van der Waals surface area contributed by atoms with Crippen LogP contribution in [0.4, 0.5) is 5.82 Å². The van der Waals surface area contributed by atoms with Gasteiger partial charge in [0, 0.05) is 25.8 Å². The van der Waals surface area contributed by atoms with Crippen LogP contribution in [0, 0.1) is 0 Å². The zero-order valence-corrected chi connectivity index (χ0v) is 11.9. The third-order valence-electron chi connectivity index (χ3n) is 2.22. The molecular formula is C9H16Br2N4. The minimum absolute atomic E-state index is 0. The van der Waals surface area contributed by atoms with Crippen LogP contribution in [0.3, 0.4) is 0 Å². The first-order valence-electron chi connectivity index (χ1n) is 4.70. The van der Waals surface area contributed by atoms with Gasteiger partial charge in [-0.2, -0.15) is 5.10 Å². The molecule has 6 heteroatoms. The molecule has 0 aliphatic carbocycles. The van der Waals surface area contributed by atoms with Gasteiger partial charge in [0.15, 0.2) is 5.82 Å². The lowest BCUT2D eigenvalue weighted by molar-refractivity contribution is 0.724. The molecule has 1 aliphatic rings. The second-order valence-corrected chi connectivity index (χ2v) is 3.17. The van der Waals surface area contributed by atoms with Crippen molar-refractivity contribution in [3.8, 4) is 0 Å². The highest BCUT2D eigenvalue weighted by atomic mass is 79.9. The van der Waals surface area contributed by atoms with Gasteiger partial charge >= 0.3 is 0 Å². The average Bonchev–Trinajstić information content (AvgIpc) is 2.47. The average molecular weight is 340 g/mol. The summed E-state index contributed by atoms with van der Waals surface area (Å²) in [6.45, 7) is 4.25. The van der Waals surface area contributed by atoms with Crippen molar-refractivity contribution in [3.63, 3.8) is 0 Å². The van der Waals surface area contributed by atoms with Crippen molar-refractivity contribution in [2.45, 2.75) is 6.42 Å². The molecule has 1 aromatic rings. The quantitative estimate of drug-likeness (QED) is 0.840. The van der Waals surface area contributed by atoms with E-state index in [9.17, 15) is 0 Å². The van der Waals surface area contributed by atoms with Gasteiger partial charge in [-0.3, -0.25) is 0 Å². The van der Waals surface area contributed by atoms with E-state index in [1.807, 2.05) is 12.1 Å². The predicted octanol–water partition coefficient (Wildman–Crippen LogP) is 1.43. The Morgan fingerprint density at radius 2 is 2.07 bits per heavy atom. The summed E-state index contributed by atoms with van der Waals surface area (Å²) >= 11 is 0. The van der Waals surface area contributed by atoms with Crippen molar-refractivity contribution in [3.05, 3.63) is 18.3 Å². The summed E-state index contributed by atoms with van der Waals surface area (Å²) in [4.78, 5) is 2.27. The highest BCUT2D eigenvalue weighted by molar-refractivity contribution is 8.93. The van der Waals surface area contributed by atoms with Crippen LogP contribution in [0.15, 0.2) is 18.3 Å². The van der Waals surface area contributed by atoms with Crippen LogP contribution in [0.25, 0.3) is 0 Å². The van der Waals surface area contributed by atoms with Crippen LogP contribution in [-0.4, -0.2) is 36.4 Å². The topological polar surface area (TPSA) is 41.1 Å². The maximum atomic E-state index is 4.09. The van der Waals surface area contributed by atoms with Gasteiger partial charge in [-0.05, 0) is 25.1 Å². The van der Waals surface area contributed by atoms with Crippen molar-refractivity contribution in [1.29, 1.82) is 0 Å². The Morgan fingerprint density at radius 1 is 1.20 bits per heavy atom. The van der Waals surface area contributed by atoms with E-state index in [0.29, 0.717) is 0 Å².